The average Bonchev–Trinajstić information content (AvgIpc) is 2.95. The van der Waals surface area contributed by atoms with E-state index in [-0.39, 0.29) is 6.61 Å². The quantitative estimate of drug-likeness (QED) is 0.592. The molecule has 1 amide bonds. The van der Waals surface area contributed by atoms with E-state index in [0.717, 1.165) is 27.4 Å². The standard InChI is InChI=1S/C22H20N2O2/c1-14-4-2-5-15(10-14)12-24-19-7-3-6-18(22(23)26)21(19)17-9-8-16(13-25)11-20(17)24/h2-11,25H,12-13H2,1H3,(H2,23,26). The van der Waals surface area contributed by atoms with E-state index in [2.05, 4.69) is 29.7 Å². The van der Waals surface area contributed by atoms with Gasteiger partial charge in [0.25, 0.3) is 0 Å². The van der Waals surface area contributed by atoms with Gasteiger partial charge in [0, 0.05) is 28.4 Å². The Kier molecular flexibility index (Phi) is 3.98. The van der Waals surface area contributed by atoms with Crippen LogP contribution in [0.2, 0.25) is 0 Å². The summed E-state index contributed by atoms with van der Waals surface area (Å²) in [6, 6.07) is 19.8. The number of aromatic nitrogens is 1. The normalized spacial score (nSPS) is 11.3. The van der Waals surface area contributed by atoms with E-state index in [4.69, 9.17) is 5.73 Å². The fourth-order valence-corrected chi connectivity index (χ4v) is 3.66. The molecule has 0 spiro atoms. The highest BCUT2D eigenvalue weighted by Gasteiger charge is 2.16. The third-order valence-electron chi connectivity index (χ3n) is 4.83. The first-order chi connectivity index (χ1) is 12.6. The number of benzene rings is 3. The van der Waals surface area contributed by atoms with Crippen molar-refractivity contribution in [3.8, 4) is 0 Å². The number of carbonyl (C=O) groups is 1. The van der Waals surface area contributed by atoms with Crippen molar-refractivity contribution >= 4 is 27.7 Å². The predicted molar refractivity (Wildman–Crippen MR) is 104 cm³/mol. The molecule has 4 aromatic rings. The molecule has 3 aromatic carbocycles. The fourth-order valence-electron chi connectivity index (χ4n) is 3.66. The molecule has 3 N–H and O–H groups in total. The highest BCUT2D eigenvalue weighted by molar-refractivity contribution is 6.17. The summed E-state index contributed by atoms with van der Waals surface area (Å²) in [7, 11) is 0. The molecule has 0 saturated heterocycles. The van der Waals surface area contributed by atoms with Crippen LogP contribution in [-0.4, -0.2) is 15.6 Å². The van der Waals surface area contributed by atoms with Gasteiger partial charge in [-0.2, -0.15) is 0 Å². The zero-order valence-electron chi connectivity index (χ0n) is 14.6. The molecule has 0 atom stereocenters. The molecular weight excluding hydrogens is 324 g/mol. The summed E-state index contributed by atoms with van der Waals surface area (Å²) in [4.78, 5) is 12.0. The Hall–Kier alpha value is -3.11. The number of primary amides is 1. The molecule has 0 unspecified atom stereocenters. The van der Waals surface area contributed by atoms with Gasteiger partial charge in [-0.1, -0.05) is 48.0 Å². The monoisotopic (exact) mass is 344 g/mol. The van der Waals surface area contributed by atoms with E-state index in [9.17, 15) is 9.90 Å². The molecule has 4 rings (SSSR count). The fraction of sp³-hybridized carbons (Fsp3) is 0.136. The van der Waals surface area contributed by atoms with Crippen LogP contribution in [0.15, 0.2) is 60.7 Å². The number of aliphatic hydroxyl groups excluding tert-OH is 1. The number of aliphatic hydroxyl groups is 1. The third-order valence-corrected chi connectivity index (χ3v) is 4.83. The molecule has 1 heterocycles. The molecule has 0 aliphatic carbocycles. The van der Waals surface area contributed by atoms with Crippen LogP contribution in [0.25, 0.3) is 21.8 Å². The lowest BCUT2D eigenvalue weighted by molar-refractivity contribution is 0.100. The zero-order valence-corrected chi connectivity index (χ0v) is 14.6. The smallest absolute Gasteiger partial charge is 0.249 e. The van der Waals surface area contributed by atoms with Crippen LogP contribution >= 0.6 is 0 Å². The van der Waals surface area contributed by atoms with Crippen molar-refractivity contribution in [1.82, 2.24) is 4.57 Å². The second kappa shape index (κ2) is 6.32. The molecule has 4 heteroatoms. The summed E-state index contributed by atoms with van der Waals surface area (Å²) in [6.07, 6.45) is 0. The number of hydrogen-bond acceptors (Lipinski definition) is 2. The van der Waals surface area contributed by atoms with Crippen molar-refractivity contribution in [2.45, 2.75) is 20.1 Å². The number of aryl methyl sites for hydroxylation is 1. The summed E-state index contributed by atoms with van der Waals surface area (Å²) in [5, 5.41) is 11.4. The van der Waals surface area contributed by atoms with E-state index in [0.29, 0.717) is 12.1 Å². The van der Waals surface area contributed by atoms with E-state index in [1.54, 1.807) is 6.07 Å². The minimum atomic E-state index is -0.434. The first kappa shape index (κ1) is 16.4. The predicted octanol–water partition coefficient (Wildman–Crippen LogP) is 3.74. The molecule has 1 aromatic heterocycles. The van der Waals surface area contributed by atoms with Gasteiger partial charge in [-0.05, 0) is 36.2 Å². The molecule has 0 aliphatic heterocycles. The molecule has 0 fully saturated rings. The van der Waals surface area contributed by atoms with E-state index in [1.807, 2.05) is 36.4 Å². The van der Waals surface area contributed by atoms with Crippen molar-refractivity contribution in [3.63, 3.8) is 0 Å². The minimum absolute atomic E-state index is 0.0232. The van der Waals surface area contributed by atoms with Gasteiger partial charge in [0.2, 0.25) is 5.91 Å². The minimum Gasteiger partial charge on any atom is -0.392 e. The number of nitrogens with zero attached hydrogens (tertiary/aromatic N) is 1. The number of rotatable bonds is 4. The van der Waals surface area contributed by atoms with Crippen molar-refractivity contribution < 1.29 is 9.90 Å². The topological polar surface area (TPSA) is 68.2 Å². The Balaban J connectivity index is 2.05. The first-order valence-electron chi connectivity index (χ1n) is 8.58. The van der Waals surface area contributed by atoms with Gasteiger partial charge in [0.1, 0.15) is 0 Å². The number of nitrogens with two attached hydrogens (primary N) is 1. The lowest BCUT2D eigenvalue weighted by atomic mass is 10.0. The average molecular weight is 344 g/mol. The van der Waals surface area contributed by atoms with Gasteiger partial charge >= 0.3 is 0 Å². The summed E-state index contributed by atoms with van der Waals surface area (Å²) in [6.45, 7) is 2.73. The van der Waals surface area contributed by atoms with Crippen LogP contribution < -0.4 is 5.73 Å². The molecule has 4 nitrogen and oxygen atoms in total. The summed E-state index contributed by atoms with van der Waals surface area (Å²) in [5.41, 5.74) is 11.3. The summed E-state index contributed by atoms with van der Waals surface area (Å²) < 4.78 is 2.19. The molecule has 0 aliphatic rings. The van der Waals surface area contributed by atoms with Crippen LogP contribution in [0.3, 0.4) is 0 Å². The number of hydrogen-bond donors (Lipinski definition) is 2. The van der Waals surface area contributed by atoms with Gasteiger partial charge in [0.15, 0.2) is 0 Å². The number of carbonyl (C=O) groups excluding carboxylic acids is 1. The Morgan fingerprint density at radius 1 is 1.00 bits per heavy atom. The van der Waals surface area contributed by atoms with Crippen LogP contribution in [0.5, 0.6) is 0 Å². The van der Waals surface area contributed by atoms with Gasteiger partial charge in [0.05, 0.1) is 12.1 Å². The second-order valence-electron chi connectivity index (χ2n) is 6.65. The van der Waals surface area contributed by atoms with Gasteiger partial charge < -0.3 is 15.4 Å². The lowest BCUT2D eigenvalue weighted by Crippen LogP contribution is -2.11. The molecular formula is C22H20N2O2. The largest absolute Gasteiger partial charge is 0.392 e. The van der Waals surface area contributed by atoms with Crippen LogP contribution in [0.1, 0.15) is 27.0 Å². The maximum atomic E-state index is 12.0. The molecule has 0 radical (unpaired) electrons. The molecule has 26 heavy (non-hydrogen) atoms. The van der Waals surface area contributed by atoms with E-state index in [1.165, 1.54) is 11.1 Å². The van der Waals surface area contributed by atoms with Crippen LogP contribution in [0, 0.1) is 6.92 Å². The van der Waals surface area contributed by atoms with Crippen molar-refractivity contribution in [1.29, 1.82) is 0 Å². The highest BCUT2D eigenvalue weighted by Crippen LogP contribution is 2.33. The zero-order chi connectivity index (χ0) is 18.3. The first-order valence-corrected chi connectivity index (χ1v) is 8.58. The van der Waals surface area contributed by atoms with Gasteiger partial charge in [-0.25, -0.2) is 0 Å². The number of fused-ring (bicyclic) bond motifs is 3. The summed E-state index contributed by atoms with van der Waals surface area (Å²) >= 11 is 0. The van der Waals surface area contributed by atoms with Gasteiger partial charge in [-0.15, -0.1) is 0 Å². The van der Waals surface area contributed by atoms with Crippen LogP contribution in [0.4, 0.5) is 0 Å². The number of amides is 1. The second-order valence-corrected chi connectivity index (χ2v) is 6.65. The maximum absolute atomic E-state index is 12.0. The maximum Gasteiger partial charge on any atom is 0.249 e. The van der Waals surface area contributed by atoms with Gasteiger partial charge in [-0.3, -0.25) is 4.79 Å². The molecule has 130 valence electrons. The van der Waals surface area contributed by atoms with E-state index < -0.39 is 5.91 Å². The Morgan fingerprint density at radius 3 is 2.54 bits per heavy atom. The molecule has 0 bridgehead atoms. The molecule has 0 saturated carbocycles. The Bertz CT molecular complexity index is 1140. The van der Waals surface area contributed by atoms with Crippen molar-refractivity contribution in [2.24, 2.45) is 5.73 Å². The van der Waals surface area contributed by atoms with Crippen LogP contribution in [-0.2, 0) is 13.2 Å². The lowest BCUT2D eigenvalue weighted by Gasteiger charge is -2.09. The van der Waals surface area contributed by atoms with Crippen molar-refractivity contribution in [3.05, 3.63) is 82.9 Å². The Morgan fingerprint density at radius 2 is 1.81 bits per heavy atom. The van der Waals surface area contributed by atoms with E-state index >= 15 is 0 Å². The summed E-state index contributed by atoms with van der Waals surface area (Å²) in [5.74, 6) is -0.434. The SMILES string of the molecule is Cc1cccc(Cn2c3cc(CO)ccc3c3c(C(N)=O)cccc32)c1. The van der Waals surface area contributed by atoms with Crippen molar-refractivity contribution in [2.75, 3.05) is 0 Å². The third kappa shape index (κ3) is 2.65. The Labute approximate surface area is 151 Å². The highest BCUT2D eigenvalue weighted by atomic mass is 16.3.